The van der Waals surface area contributed by atoms with Crippen molar-refractivity contribution in [2.45, 2.75) is 30.9 Å². The number of fused-ring (bicyclic) bond motifs is 1. The van der Waals surface area contributed by atoms with E-state index < -0.39 is 0 Å². The smallest absolute Gasteiger partial charge is 0.220 e. The lowest BCUT2D eigenvalue weighted by molar-refractivity contribution is -0.121. The van der Waals surface area contributed by atoms with Crippen molar-refractivity contribution < 1.29 is 4.79 Å². The topological polar surface area (TPSA) is 44.9 Å². The average Bonchev–Trinajstić information content (AvgIpc) is 3.12. The maximum Gasteiger partial charge on any atom is 0.220 e. The van der Waals surface area contributed by atoms with Crippen molar-refractivity contribution in [1.29, 1.82) is 0 Å². The SMILES string of the molecule is O=C(CCc1c[nH]c2ccccc12)NCC1CCCS1. The number of para-hydroxylation sites is 1. The molecule has 4 heteroatoms. The van der Waals surface area contributed by atoms with Crippen molar-refractivity contribution in [1.82, 2.24) is 10.3 Å². The van der Waals surface area contributed by atoms with Crippen LogP contribution in [0.25, 0.3) is 10.9 Å². The van der Waals surface area contributed by atoms with Gasteiger partial charge in [-0.25, -0.2) is 0 Å². The Morgan fingerprint density at radius 1 is 1.40 bits per heavy atom. The molecule has 106 valence electrons. The molecule has 2 aromatic rings. The first-order valence-electron chi connectivity index (χ1n) is 7.26. The molecule has 0 bridgehead atoms. The van der Waals surface area contributed by atoms with Gasteiger partial charge in [0.2, 0.25) is 5.91 Å². The molecule has 3 rings (SSSR count). The molecule has 2 N–H and O–H groups in total. The highest BCUT2D eigenvalue weighted by atomic mass is 32.2. The number of aromatic amines is 1. The van der Waals surface area contributed by atoms with Gasteiger partial charge in [-0.1, -0.05) is 18.2 Å². The van der Waals surface area contributed by atoms with Crippen LogP contribution in [0.15, 0.2) is 30.5 Å². The van der Waals surface area contributed by atoms with Crippen molar-refractivity contribution in [2.24, 2.45) is 0 Å². The van der Waals surface area contributed by atoms with E-state index in [-0.39, 0.29) is 5.91 Å². The number of H-pyrrole nitrogens is 1. The monoisotopic (exact) mass is 288 g/mol. The van der Waals surface area contributed by atoms with E-state index in [1.54, 1.807) is 0 Å². The van der Waals surface area contributed by atoms with Crippen LogP contribution in [0.3, 0.4) is 0 Å². The number of carbonyl (C=O) groups is 1. The molecule has 1 aromatic heterocycles. The number of hydrogen-bond donors (Lipinski definition) is 2. The summed E-state index contributed by atoms with van der Waals surface area (Å²) < 4.78 is 0. The molecular weight excluding hydrogens is 268 g/mol. The van der Waals surface area contributed by atoms with Gasteiger partial charge < -0.3 is 10.3 Å². The normalized spacial score (nSPS) is 18.5. The fraction of sp³-hybridized carbons (Fsp3) is 0.438. The molecule has 1 amide bonds. The summed E-state index contributed by atoms with van der Waals surface area (Å²) in [5, 5.41) is 4.93. The third kappa shape index (κ3) is 3.18. The van der Waals surface area contributed by atoms with E-state index in [9.17, 15) is 4.79 Å². The number of amides is 1. The molecule has 1 atom stereocenters. The molecule has 1 unspecified atom stereocenters. The average molecular weight is 288 g/mol. The summed E-state index contributed by atoms with van der Waals surface area (Å²) in [5.41, 5.74) is 2.37. The van der Waals surface area contributed by atoms with Crippen LogP contribution in [0.1, 0.15) is 24.8 Å². The lowest BCUT2D eigenvalue weighted by Crippen LogP contribution is -2.29. The summed E-state index contributed by atoms with van der Waals surface area (Å²) in [4.78, 5) is 15.2. The van der Waals surface area contributed by atoms with Crippen molar-refractivity contribution in [3.8, 4) is 0 Å². The Balaban J connectivity index is 1.49. The molecule has 0 aliphatic carbocycles. The van der Waals surface area contributed by atoms with Crippen molar-refractivity contribution in [2.75, 3.05) is 12.3 Å². The van der Waals surface area contributed by atoms with Gasteiger partial charge in [0.05, 0.1) is 0 Å². The molecule has 0 radical (unpaired) electrons. The van der Waals surface area contributed by atoms with Crippen molar-refractivity contribution in [3.05, 3.63) is 36.0 Å². The number of thioether (sulfide) groups is 1. The number of carbonyl (C=O) groups excluding carboxylic acids is 1. The van der Waals surface area contributed by atoms with Gasteiger partial charge in [0.25, 0.3) is 0 Å². The fourth-order valence-electron chi connectivity index (χ4n) is 2.71. The Hall–Kier alpha value is -1.42. The van der Waals surface area contributed by atoms with E-state index in [0.29, 0.717) is 11.7 Å². The predicted octanol–water partition coefficient (Wildman–Crippen LogP) is 3.11. The lowest BCUT2D eigenvalue weighted by atomic mass is 10.1. The van der Waals surface area contributed by atoms with Gasteiger partial charge in [-0.05, 0) is 36.6 Å². The second-order valence-electron chi connectivity index (χ2n) is 5.30. The van der Waals surface area contributed by atoms with Crippen LogP contribution in [0.4, 0.5) is 0 Å². The van der Waals surface area contributed by atoms with Gasteiger partial charge in [-0.3, -0.25) is 4.79 Å². The number of hydrogen-bond acceptors (Lipinski definition) is 2. The summed E-state index contributed by atoms with van der Waals surface area (Å²) in [5.74, 6) is 1.42. The maximum absolute atomic E-state index is 11.9. The van der Waals surface area contributed by atoms with E-state index >= 15 is 0 Å². The number of aryl methyl sites for hydroxylation is 1. The second-order valence-corrected chi connectivity index (χ2v) is 6.71. The maximum atomic E-state index is 11.9. The zero-order valence-corrected chi connectivity index (χ0v) is 12.3. The summed E-state index contributed by atoms with van der Waals surface area (Å²) in [6, 6.07) is 8.23. The van der Waals surface area contributed by atoms with E-state index in [4.69, 9.17) is 0 Å². The van der Waals surface area contributed by atoms with E-state index in [1.165, 1.54) is 29.5 Å². The predicted molar refractivity (Wildman–Crippen MR) is 85.1 cm³/mol. The van der Waals surface area contributed by atoms with Crippen LogP contribution in [0.2, 0.25) is 0 Å². The van der Waals surface area contributed by atoms with Crippen LogP contribution >= 0.6 is 11.8 Å². The van der Waals surface area contributed by atoms with Crippen molar-refractivity contribution >= 4 is 28.6 Å². The Morgan fingerprint density at radius 3 is 3.15 bits per heavy atom. The number of aromatic nitrogens is 1. The molecular formula is C16H20N2OS. The first-order valence-corrected chi connectivity index (χ1v) is 8.31. The molecule has 1 aromatic carbocycles. The Kier molecular flexibility index (Phi) is 4.31. The van der Waals surface area contributed by atoms with E-state index in [1.807, 2.05) is 30.1 Å². The summed E-state index contributed by atoms with van der Waals surface area (Å²) in [7, 11) is 0. The van der Waals surface area contributed by atoms with Crippen molar-refractivity contribution in [3.63, 3.8) is 0 Å². The highest BCUT2D eigenvalue weighted by Gasteiger charge is 2.16. The van der Waals surface area contributed by atoms with Crippen LogP contribution < -0.4 is 5.32 Å². The minimum atomic E-state index is 0.169. The standard InChI is InChI=1S/C16H20N2OS/c19-16(18-11-13-4-3-9-20-13)8-7-12-10-17-15-6-2-1-5-14(12)15/h1-2,5-6,10,13,17H,3-4,7-9,11H2,(H,18,19). The van der Waals surface area contributed by atoms with Gasteiger partial charge >= 0.3 is 0 Å². The van der Waals surface area contributed by atoms with E-state index in [2.05, 4.69) is 22.4 Å². The number of benzene rings is 1. The molecule has 1 fully saturated rings. The molecule has 3 nitrogen and oxygen atoms in total. The zero-order chi connectivity index (χ0) is 13.8. The third-order valence-electron chi connectivity index (χ3n) is 3.85. The molecule has 2 heterocycles. The van der Waals surface area contributed by atoms with E-state index in [0.717, 1.165) is 18.5 Å². The Labute approximate surface area is 123 Å². The Morgan fingerprint density at radius 2 is 2.30 bits per heavy atom. The van der Waals surface area contributed by atoms with Gasteiger partial charge in [-0.15, -0.1) is 0 Å². The van der Waals surface area contributed by atoms with Gasteiger partial charge in [0.1, 0.15) is 0 Å². The van der Waals surface area contributed by atoms with Gasteiger partial charge in [0.15, 0.2) is 0 Å². The zero-order valence-electron chi connectivity index (χ0n) is 11.5. The number of nitrogens with one attached hydrogen (secondary N) is 2. The summed E-state index contributed by atoms with van der Waals surface area (Å²) in [6.07, 6.45) is 5.92. The Bertz CT molecular complexity index is 587. The molecule has 0 saturated carbocycles. The largest absolute Gasteiger partial charge is 0.361 e. The third-order valence-corrected chi connectivity index (χ3v) is 5.25. The second kappa shape index (κ2) is 6.35. The van der Waals surface area contributed by atoms with Crippen LogP contribution in [0.5, 0.6) is 0 Å². The fourth-order valence-corrected chi connectivity index (χ4v) is 3.91. The molecule has 1 aliphatic heterocycles. The number of rotatable bonds is 5. The first kappa shape index (κ1) is 13.6. The van der Waals surface area contributed by atoms with Crippen LogP contribution in [-0.2, 0) is 11.2 Å². The van der Waals surface area contributed by atoms with Crippen LogP contribution in [0, 0.1) is 0 Å². The summed E-state index contributed by atoms with van der Waals surface area (Å²) >= 11 is 1.98. The van der Waals surface area contributed by atoms with Gasteiger partial charge in [-0.2, -0.15) is 11.8 Å². The quantitative estimate of drug-likeness (QED) is 0.888. The van der Waals surface area contributed by atoms with Gasteiger partial charge in [0, 0.05) is 35.3 Å². The molecule has 0 spiro atoms. The minimum Gasteiger partial charge on any atom is -0.361 e. The molecule has 1 saturated heterocycles. The van der Waals surface area contributed by atoms with Crippen LogP contribution in [-0.4, -0.2) is 28.4 Å². The first-order chi connectivity index (χ1) is 9.83. The lowest BCUT2D eigenvalue weighted by Gasteiger charge is -2.09. The summed E-state index contributed by atoms with van der Waals surface area (Å²) in [6.45, 7) is 0.831. The molecule has 20 heavy (non-hydrogen) atoms. The highest BCUT2D eigenvalue weighted by molar-refractivity contribution is 8.00. The highest BCUT2D eigenvalue weighted by Crippen LogP contribution is 2.25. The minimum absolute atomic E-state index is 0.169. The molecule has 1 aliphatic rings.